The lowest BCUT2D eigenvalue weighted by molar-refractivity contribution is -0.154. The Morgan fingerprint density at radius 1 is 0.844 bits per heavy atom. The fraction of sp³-hybridized carbons (Fsp3) is 1.00. The van der Waals surface area contributed by atoms with Crippen LogP contribution in [0.1, 0.15) is 124 Å². The zero-order valence-corrected chi connectivity index (χ0v) is 21.6. The second-order valence-electron chi connectivity index (χ2n) is 14.0. The highest BCUT2D eigenvalue weighted by molar-refractivity contribution is 5.11. The molecule has 5 rings (SSSR count). The zero-order chi connectivity index (χ0) is 22.7. The second kappa shape index (κ2) is 8.54. The van der Waals surface area contributed by atoms with E-state index in [1.165, 1.54) is 70.6 Å². The van der Waals surface area contributed by atoms with E-state index in [0.29, 0.717) is 22.7 Å². The summed E-state index contributed by atoms with van der Waals surface area (Å²) in [5, 5.41) is 22.3. The molecule has 32 heavy (non-hydrogen) atoms. The Labute approximate surface area is 198 Å². The molecule has 0 aromatic carbocycles. The quantitative estimate of drug-likeness (QED) is 0.465. The van der Waals surface area contributed by atoms with E-state index in [1.807, 2.05) is 0 Å². The molecule has 0 aliphatic heterocycles. The summed E-state index contributed by atoms with van der Waals surface area (Å²) in [5.41, 5.74) is 0.514. The van der Waals surface area contributed by atoms with Crippen molar-refractivity contribution < 1.29 is 10.2 Å². The molecule has 2 N–H and O–H groups in total. The van der Waals surface area contributed by atoms with Gasteiger partial charge in [-0.05, 0) is 123 Å². The van der Waals surface area contributed by atoms with Gasteiger partial charge in [-0.25, -0.2) is 0 Å². The second-order valence-corrected chi connectivity index (χ2v) is 14.0. The lowest BCUT2D eigenvalue weighted by Gasteiger charge is -2.62. The number of rotatable bonds is 5. The molecule has 5 saturated carbocycles. The molecule has 0 heterocycles. The van der Waals surface area contributed by atoms with Crippen molar-refractivity contribution in [3.05, 3.63) is 0 Å². The van der Waals surface area contributed by atoms with Crippen molar-refractivity contribution in [1.82, 2.24) is 0 Å². The molecule has 184 valence electrons. The van der Waals surface area contributed by atoms with Crippen molar-refractivity contribution in [1.29, 1.82) is 0 Å². The molecule has 5 fully saturated rings. The van der Waals surface area contributed by atoms with Crippen molar-refractivity contribution >= 4 is 0 Å². The van der Waals surface area contributed by atoms with Crippen LogP contribution in [0.15, 0.2) is 0 Å². The Bertz CT molecular complexity index is 670. The van der Waals surface area contributed by atoms with Crippen molar-refractivity contribution in [3.63, 3.8) is 0 Å². The van der Waals surface area contributed by atoms with Gasteiger partial charge in [0.15, 0.2) is 0 Å². The van der Waals surface area contributed by atoms with Crippen LogP contribution in [0.25, 0.3) is 0 Å². The number of fused-ring (bicyclic) bond motifs is 5. The predicted octanol–water partition coefficient (Wildman–Crippen LogP) is 7.36. The first-order valence-corrected chi connectivity index (χ1v) is 14.6. The molecule has 2 heteroatoms. The van der Waals surface area contributed by atoms with Gasteiger partial charge in [0.25, 0.3) is 0 Å². The summed E-state index contributed by atoms with van der Waals surface area (Å²) < 4.78 is 0. The van der Waals surface area contributed by atoms with Gasteiger partial charge in [0.05, 0.1) is 11.7 Å². The third-order valence-electron chi connectivity index (χ3n) is 12.8. The van der Waals surface area contributed by atoms with Crippen LogP contribution >= 0.6 is 0 Å². The Morgan fingerprint density at radius 3 is 2.28 bits per heavy atom. The molecule has 0 amide bonds. The highest BCUT2D eigenvalue weighted by Crippen LogP contribution is 2.69. The highest BCUT2D eigenvalue weighted by Gasteiger charge is 2.61. The summed E-state index contributed by atoms with van der Waals surface area (Å²) in [4.78, 5) is 0. The van der Waals surface area contributed by atoms with E-state index in [-0.39, 0.29) is 11.7 Å². The number of hydrogen-bond donors (Lipinski definition) is 2. The lowest BCUT2D eigenvalue weighted by atomic mass is 9.43. The first-order chi connectivity index (χ1) is 15.2. The average molecular weight is 445 g/mol. The van der Waals surface area contributed by atoms with Gasteiger partial charge in [0.1, 0.15) is 0 Å². The standard InChI is InChI=1S/C30H52O2/c1-5-30(32)17-16-28(3)22(19-30)10-11-23-25-13-12-24(29(25,4)15-14-26(23)28)20(2)27(31)18-21-8-6-7-9-21/h20-27,31-32H,5-19H2,1-4H3/t20-,22-,23-,24+,25-,26-,27+,28?,29+,30-/m0/s1. The Kier molecular flexibility index (Phi) is 6.31. The van der Waals surface area contributed by atoms with E-state index in [0.717, 1.165) is 55.3 Å². The average Bonchev–Trinajstić information content (AvgIpc) is 3.41. The summed E-state index contributed by atoms with van der Waals surface area (Å²) in [6, 6.07) is 0. The fourth-order valence-corrected chi connectivity index (χ4v) is 10.6. The molecule has 0 spiro atoms. The molecule has 0 bridgehead atoms. The van der Waals surface area contributed by atoms with Gasteiger partial charge in [0, 0.05) is 0 Å². The van der Waals surface area contributed by atoms with Gasteiger partial charge in [-0.1, -0.05) is 53.4 Å². The minimum atomic E-state index is -0.385. The number of hydrogen-bond acceptors (Lipinski definition) is 2. The summed E-state index contributed by atoms with van der Waals surface area (Å²) in [5.74, 6) is 5.34. The van der Waals surface area contributed by atoms with E-state index in [4.69, 9.17) is 0 Å². The van der Waals surface area contributed by atoms with Crippen molar-refractivity contribution in [2.24, 2.45) is 52.3 Å². The number of aliphatic hydroxyl groups is 2. The molecule has 0 aromatic heterocycles. The Morgan fingerprint density at radius 2 is 1.56 bits per heavy atom. The Balaban J connectivity index is 1.29. The Hall–Kier alpha value is -0.0800. The summed E-state index contributed by atoms with van der Waals surface area (Å²) >= 11 is 0. The molecule has 0 radical (unpaired) electrons. The maximum absolute atomic E-state index is 11.2. The van der Waals surface area contributed by atoms with Crippen molar-refractivity contribution in [2.75, 3.05) is 0 Å². The zero-order valence-electron chi connectivity index (χ0n) is 21.6. The van der Waals surface area contributed by atoms with Crippen LogP contribution in [-0.2, 0) is 0 Å². The van der Waals surface area contributed by atoms with E-state index in [1.54, 1.807) is 0 Å². The summed E-state index contributed by atoms with van der Waals surface area (Å²) in [7, 11) is 0. The van der Waals surface area contributed by atoms with Crippen molar-refractivity contribution in [3.8, 4) is 0 Å². The third-order valence-corrected chi connectivity index (χ3v) is 12.8. The van der Waals surface area contributed by atoms with Crippen LogP contribution < -0.4 is 0 Å². The topological polar surface area (TPSA) is 40.5 Å². The first-order valence-electron chi connectivity index (χ1n) is 14.6. The van der Waals surface area contributed by atoms with Gasteiger partial charge in [0.2, 0.25) is 0 Å². The molecule has 0 saturated heterocycles. The van der Waals surface area contributed by atoms with Crippen LogP contribution in [0, 0.1) is 52.3 Å². The smallest absolute Gasteiger partial charge is 0.0648 e. The fourth-order valence-electron chi connectivity index (χ4n) is 10.6. The maximum Gasteiger partial charge on any atom is 0.0648 e. The number of aliphatic hydroxyl groups excluding tert-OH is 1. The molecule has 5 aliphatic carbocycles. The van der Waals surface area contributed by atoms with Crippen LogP contribution in [-0.4, -0.2) is 21.9 Å². The molecule has 1 unspecified atom stereocenters. The van der Waals surface area contributed by atoms with E-state index >= 15 is 0 Å². The summed E-state index contributed by atoms with van der Waals surface area (Å²) in [6.45, 7) is 9.83. The molecule has 10 atom stereocenters. The van der Waals surface area contributed by atoms with Gasteiger partial charge < -0.3 is 10.2 Å². The predicted molar refractivity (Wildman–Crippen MR) is 132 cm³/mol. The van der Waals surface area contributed by atoms with Gasteiger partial charge >= 0.3 is 0 Å². The monoisotopic (exact) mass is 444 g/mol. The van der Waals surface area contributed by atoms with E-state index in [9.17, 15) is 10.2 Å². The molecular formula is C30H52O2. The van der Waals surface area contributed by atoms with Gasteiger partial charge in [-0.3, -0.25) is 0 Å². The lowest BCUT2D eigenvalue weighted by Crippen LogP contribution is -2.56. The maximum atomic E-state index is 11.2. The molecule has 0 aromatic rings. The van der Waals surface area contributed by atoms with Gasteiger partial charge in [-0.15, -0.1) is 0 Å². The summed E-state index contributed by atoms with van der Waals surface area (Å²) in [6.07, 6.45) is 19.0. The molecule has 2 nitrogen and oxygen atoms in total. The van der Waals surface area contributed by atoms with Crippen molar-refractivity contribution in [2.45, 2.75) is 136 Å². The van der Waals surface area contributed by atoms with E-state index < -0.39 is 0 Å². The van der Waals surface area contributed by atoms with Gasteiger partial charge in [-0.2, -0.15) is 0 Å². The van der Waals surface area contributed by atoms with E-state index in [2.05, 4.69) is 27.7 Å². The third kappa shape index (κ3) is 3.73. The first kappa shape index (κ1) is 23.7. The minimum absolute atomic E-state index is 0.0882. The minimum Gasteiger partial charge on any atom is -0.393 e. The normalized spacial score (nSPS) is 51.0. The highest BCUT2D eigenvalue weighted by atomic mass is 16.3. The van der Waals surface area contributed by atoms with Crippen LogP contribution in [0.4, 0.5) is 0 Å². The largest absolute Gasteiger partial charge is 0.393 e. The molecule has 5 aliphatic rings. The van der Waals surface area contributed by atoms with Crippen LogP contribution in [0.5, 0.6) is 0 Å². The SMILES string of the molecule is CC[C@]1(O)CCC2(C)[C@@H](CC[C@@H]3[C@@H]2CC[C@]2(C)[C@@H]([C@H](C)[C@H](O)CC4CCCC4)CC[C@@H]32)C1. The van der Waals surface area contributed by atoms with Crippen LogP contribution in [0.3, 0.4) is 0 Å². The van der Waals surface area contributed by atoms with Crippen LogP contribution in [0.2, 0.25) is 0 Å². The molecular weight excluding hydrogens is 392 g/mol.